The van der Waals surface area contributed by atoms with Gasteiger partial charge in [-0.15, -0.1) is 10.2 Å². The number of hydrogen-bond acceptors (Lipinski definition) is 12. The maximum atomic E-state index is 13.4. The third-order valence-electron chi connectivity index (χ3n) is 4.97. The molecule has 0 unspecified atom stereocenters. The van der Waals surface area contributed by atoms with Crippen LogP contribution in [-0.2, 0) is 31.7 Å². The molecule has 3 heterocycles. The van der Waals surface area contributed by atoms with E-state index in [4.69, 9.17) is 25.8 Å². The van der Waals surface area contributed by atoms with Crippen LogP contribution in [0.5, 0.6) is 11.8 Å². The first-order chi connectivity index (χ1) is 17.1. The molecule has 17 heteroatoms. The lowest BCUT2D eigenvalue weighted by Crippen LogP contribution is -2.30. The summed E-state index contributed by atoms with van der Waals surface area (Å²) < 4.78 is 73.8. The van der Waals surface area contributed by atoms with Crippen molar-refractivity contribution in [3.8, 4) is 17.4 Å². The minimum Gasteiger partial charge on any atom is -0.479 e. The van der Waals surface area contributed by atoms with Crippen molar-refractivity contribution in [1.82, 2.24) is 34.7 Å². The first-order valence-electron chi connectivity index (χ1n) is 10.1. The van der Waals surface area contributed by atoms with E-state index in [0.29, 0.717) is 0 Å². The molecular formula is C19H22ClF2N7O6S. The lowest BCUT2D eigenvalue weighted by Gasteiger charge is -2.22. The van der Waals surface area contributed by atoms with Crippen LogP contribution in [0.15, 0.2) is 18.7 Å². The molecule has 36 heavy (non-hydrogen) atoms. The van der Waals surface area contributed by atoms with Crippen LogP contribution in [0.25, 0.3) is 5.69 Å². The molecule has 0 fully saturated rings. The van der Waals surface area contributed by atoms with Gasteiger partial charge in [0.2, 0.25) is 11.8 Å². The number of ether oxygens (including phenoxy) is 4. The number of methoxy groups -OCH3 is 3. The smallest absolute Gasteiger partial charge is 0.345 e. The SMILES string of the molecule is COc1ncnc(OC)c1-n1c(COC(F)F)nnc1CS(=O)(=O)[C@@H](C)[C@H](OC)c1ncc(Cl)cn1. The molecule has 0 radical (unpaired) electrons. The summed E-state index contributed by atoms with van der Waals surface area (Å²) in [6.07, 6.45) is 2.73. The van der Waals surface area contributed by atoms with Gasteiger partial charge >= 0.3 is 6.61 Å². The van der Waals surface area contributed by atoms with Crippen LogP contribution in [0.4, 0.5) is 8.78 Å². The average molecular weight is 550 g/mol. The minimum absolute atomic E-state index is 0.00236. The lowest BCUT2D eigenvalue weighted by atomic mass is 10.2. The Hall–Kier alpha value is -3.08. The maximum Gasteiger partial charge on any atom is 0.345 e. The summed E-state index contributed by atoms with van der Waals surface area (Å²) in [5.74, 6) is -1.00. The molecule has 3 aromatic rings. The fourth-order valence-electron chi connectivity index (χ4n) is 3.25. The summed E-state index contributed by atoms with van der Waals surface area (Å²) >= 11 is 5.82. The quantitative estimate of drug-likeness (QED) is 0.324. The number of rotatable bonds is 12. The predicted molar refractivity (Wildman–Crippen MR) is 120 cm³/mol. The largest absolute Gasteiger partial charge is 0.479 e. The van der Waals surface area contributed by atoms with Crippen LogP contribution in [0, 0.1) is 0 Å². The molecule has 2 atom stereocenters. The highest BCUT2D eigenvalue weighted by Gasteiger charge is 2.35. The zero-order valence-electron chi connectivity index (χ0n) is 19.5. The van der Waals surface area contributed by atoms with Gasteiger partial charge in [0.25, 0.3) is 0 Å². The van der Waals surface area contributed by atoms with Crippen molar-refractivity contribution in [2.24, 2.45) is 0 Å². The second-order valence-corrected chi connectivity index (χ2v) is 9.90. The molecule has 13 nitrogen and oxygen atoms in total. The fourth-order valence-corrected chi connectivity index (χ4v) is 4.77. The second-order valence-electron chi connectivity index (χ2n) is 7.11. The number of sulfone groups is 1. The van der Waals surface area contributed by atoms with E-state index in [1.165, 1.54) is 40.6 Å². The third kappa shape index (κ3) is 6.00. The third-order valence-corrected chi connectivity index (χ3v) is 7.21. The van der Waals surface area contributed by atoms with E-state index in [1.807, 2.05) is 0 Å². The van der Waals surface area contributed by atoms with Gasteiger partial charge in [0, 0.05) is 19.5 Å². The van der Waals surface area contributed by atoms with Gasteiger partial charge in [-0.05, 0) is 6.92 Å². The van der Waals surface area contributed by atoms with Crippen LogP contribution < -0.4 is 9.47 Å². The Bertz CT molecular complexity index is 1260. The zero-order chi connectivity index (χ0) is 26.5. The zero-order valence-corrected chi connectivity index (χ0v) is 21.1. The Morgan fingerprint density at radius 3 is 2.11 bits per heavy atom. The first-order valence-corrected chi connectivity index (χ1v) is 12.2. The van der Waals surface area contributed by atoms with Crippen molar-refractivity contribution >= 4 is 21.4 Å². The molecule has 0 aliphatic carbocycles. The van der Waals surface area contributed by atoms with Gasteiger partial charge in [0.05, 0.1) is 24.5 Å². The Balaban J connectivity index is 2.06. The van der Waals surface area contributed by atoms with Crippen molar-refractivity contribution in [1.29, 1.82) is 0 Å². The normalized spacial score (nSPS) is 13.6. The lowest BCUT2D eigenvalue weighted by molar-refractivity contribution is -0.139. The highest BCUT2D eigenvalue weighted by Crippen LogP contribution is 2.32. The van der Waals surface area contributed by atoms with Crippen molar-refractivity contribution in [2.75, 3.05) is 21.3 Å². The Morgan fingerprint density at radius 1 is 1.00 bits per heavy atom. The van der Waals surface area contributed by atoms with E-state index in [0.717, 1.165) is 10.9 Å². The van der Waals surface area contributed by atoms with E-state index >= 15 is 0 Å². The highest BCUT2D eigenvalue weighted by molar-refractivity contribution is 7.91. The average Bonchev–Trinajstić information content (AvgIpc) is 3.24. The fraction of sp³-hybridized carbons (Fsp3) is 0.474. The standard InChI is InChI=1S/C19H22ClF2N7O6S/c1-10(15(32-2)16-23-5-11(20)6-24-16)36(30,31)8-13-28-27-12(7-35-19(21)22)29(13)14-17(33-3)25-9-26-18(14)34-4/h5-6,9-10,15,19H,7-8H2,1-4H3/t10-,15-/m0/s1. The van der Waals surface area contributed by atoms with Gasteiger partial charge in [0.15, 0.2) is 33.0 Å². The van der Waals surface area contributed by atoms with Gasteiger partial charge < -0.3 is 18.9 Å². The molecule has 0 bridgehead atoms. The summed E-state index contributed by atoms with van der Waals surface area (Å²) in [5.41, 5.74) is 0.00236. The first kappa shape index (κ1) is 27.5. The van der Waals surface area contributed by atoms with E-state index < -0.39 is 40.2 Å². The van der Waals surface area contributed by atoms with E-state index in [1.54, 1.807) is 0 Å². The molecule has 0 aliphatic heterocycles. The molecule has 0 aromatic carbocycles. The summed E-state index contributed by atoms with van der Waals surface area (Å²) in [6.45, 7) is -2.41. The van der Waals surface area contributed by atoms with Crippen LogP contribution in [-0.4, -0.2) is 76.3 Å². The van der Waals surface area contributed by atoms with Crippen LogP contribution in [0.3, 0.4) is 0 Å². The molecule has 0 aliphatic rings. The van der Waals surface area contributed by atoms with Gasteiger partial charge in [-0.25, -0.2) is 18.4 Å². The number of nitrogens with zero attached hydrogens (tertiary/aromatic N) is 7. The number of aromatic nitrogens is 7. The van der Waals surface area contributed by atoms with Gasteiger partial charge in [-0.1, -0.05) is 11.6 Å². The molecule has 0 N–H and O–H groups in total. The Labute approximate surface area is 209 Å². The number of hydrogen-bond donors (Lipinski definition) is 0. The monoisotopic (exact) mass is 549 g/mol. The summed E-state index contributed by atoms with van der Waals surface area (Å²) in [4.78, 5) is 16.1. The molecule has 196 valence electrons. The van der Waals surface area contributed by atoms with E-state index in [2.05, 4.69) is 34.9 Å². The molecule has 0 saturated carbocycles. The predicted octanol–water partition coefficient (Wildman–Crippen LogP) is 1.95. The Kier molecular flexibility index (Phi) is 8.99. The molecular weight excluding hydrogens is 528 g/mol. The van der Waals surface area contributed by atoms with Gasteiger partial charge in [0.1, 0.15) is 24.8 Å². The summed E-state index contributed by atoms with van der Waals surface area (Å²) in [7, 11) is -0.121. The molecule has 0 amide bonds. The molecule has 0 saturated heterocycles. The van der Waals surface area contributed by atoms with E-state index in [-0.39, 0.29) is 39.9 Å². The summed E-state index contributed by atoms with van der Waals surface area (Å²) in [5, 5.41) is 6.86. The van der Waals surface area contributed by atoms with Crippen LogP contribution >= 0.6 is 11.6 Å². The topological polar surface area (TPSA) is 153 Å². The summed E-state index contributed by atoms with van der Waals surface area (Å²) in [6, 6.07) is 0. The molecule has 0 spiro atoms. The van der Waals surface area contributed by atoms with Crippen LogP contribution in [0.2, 0.25) is 5.02 Å². The maximum absolute atomic E-state index is 13.4. The highest BCUT2D eigenvalue weighted by atomic mass is 35.5. The number of halogens is 3. The molecule has 3 rings (SSSR count). The van der Waals surface area contributed by atoms with Gasteiger partial charge in [-0.3, -0.25) is 4.57 Å². The minimum atomic E-state index is -4.04. The van der Waals surface area contributed by atoms with Gasteiger partial charge in [-0.2, -0.15) is 18.7 Å². The van der Waals surface area contributed by atoms with E-state index in [9.17, 15) is 17.2 Å². The number of alkyl halides is 2. The van der Waals surface area contributed by atoms with Crippen molar-refractivity contribution in [2.45, 2.75) is 37.2 Å². The second kappa shape index (κ2) is 11.8. The van der Waals surface area contributed by atoms with Crippen molar-refractivity contribution < 1.29 is 36.1 Å². The molecule has 3 aromatic heterocycles. The van der Waals surface area contributed by atoms with Crippen molar-refractivity contribution in [3.05, 3.63) is 41.2 Å². The van der Waals surface area contributed by atoms with Crippen LogP contribution in [0.1, 0.15) is 30.5 Å². The van der Waals surface area contributed by atoms with Crippen molar-refractivity contribution in [3.63, 3.8) is 0 Å². The Morgan fingerprint density at radius 2 is 1.58 bits per heavy atom.